The summed E-state index contributed by atoms with van der Waals surface area (Å²) in [6.45, 7) is 3.18. The molecule has 6 heteroatoms. The highest BCUT2D eigenvalue weighted by molar-refractivity contribution is 5.31. The van der Waals surface area contributed by atoms with Crippen LogP contribution in [0.2, 0.25) is 0 Å². The molecule has 0 amide bonds. The smallest absolute Gasteiger partial charge is 0.352 e. The first-order valence-corrected chi connectivity index (χ1v) is 13.2. The van der Waals surface area contributed by atoms with Crippen LogP contribution in [-0.4, -0.2) is 26.6 Å². The molecule has 2 unspecified atom stereocenters. The maximum Gasteiger partial charge on any atom is 0.352 e. The van der Waals surface area contributed by atoms with Crippen LogP contribution in [-0.2, 0) is 11.3 Å². The summed E-state index contributed by atoms with van der Waals surface area (Å²) < 4.78 is 10.5. The lowest BCUT2D eigenvalue weighted by molar-refractivity contribution is 0.0483. The fourth-order valence-electron chi connectivity index (χ4n) is 5.11. The summed E-state index contributed by atoms with van der Waals surface area (Å²) in [5.41, 5.74) is 1.15. The molecule has 1 saturated heterocycles. The minimum Gasteiger partial charge on any atom is -0.370 e. The zero-order valence-electron chi connectivity index (χ0n) is 20.5. The van der Waals surface area contributed by atoms with Gasteiger partial charge in [0.2, 0.25) is 0 Å². The summed E-state index contributed by atoms with van der Waals surface area (Å²) in [5, 5.41) is 0. The molecule has 184 valence electrons. The highest BCUT2D eigenvalue weighted by Crippen LogP contribution is 2.31. The summed E-state index contributed by atoms with van der Waals surface area (Å²) in [7, 11) is 0. The number of hydrogen-bond acceptors (Lipinski definition) is 3. The maximum atomic E-state index is 13.3. The van der Waals surface area contributed by atoms with Gasteiger partial charge in [-0.3, -0.25) is 0 Å². The molecule has 0 saturated carbocycles. The minimum atomic E-state index is -0.282. The predicted octanol–water partition coefficient (Wildman–Crippen LogP) is 5.55. The van der Waals surface area contributed by atoms with Crippen LogP contribution in [0.15, 0.2) is 63.7 Å². The second kappa shape index (κ2) is 12.2. The maximum absolute atomic E-state index is 13.3. The SMILES string of the molecule is CCCCCCCCCCC/C=C/C1CC2C(=CCn3c(=O)n(-c4ccccc4)c(=O)n32)CO1. The number of allylic oxidation sites excluding steroid dienone is 2. The predicted molar refractivity (Wildman–Crippen MR) is 137 cm³/mol. The number of rotatable bonds is 12. The van der Waals surface area contributed by atoms with Gasteiger partial charge in [-0.15, -0.1) is 0 Å². The average Bonchev–Trinajstić information content (AvgIpc) is 3.13. The zero-order chi connectivity index (χ0) is 23.8. The van der Waals surface area contributed by atoms with Crippen molar-refractivity contribution in [2.24, 2.45) is 0 Å². The molecule has 0 N–H and O–H groups in total. The van der Waals surface area contributed by atoms with Gasteiger partial charge in [0.25, 0.3) is 0 Å². The first-order valence-electron chi connectivity index (χ1n) is 13.2. The molecule has 1 fully saturated rings. The topological polar surface area (TPSA) is 58.2 Å². The van der Waals surface area contributed by atoms with Gasteiger partial charge >= 0.3 is 11.4 Å². The van der Waals surface area contributed by atoms with Gasteiger partial charge in [0, 0.05) is 6.42 Å². The molecule has 2 aliphatic heterocycles. The molecule has 1 aromatic carbocycles. The fraction of sp³-hybridized carbons (Fsp3) is 0.571. The Hall–Kier alpha value is -2.60. The van der Waals surface area contributed by atoms with E-state index in [-0.39, 0.29) is 23.5 Å². The zero-order valence-corrected chi connectivity index (χ0v) is 20.5. The first kappa shape index (κ1) is 24.5. The number of nitrogens with zero attached hydrogens (tertiary/aromatic N) is 3. The van der Waals surface area contributed by atoms with Crippen LogP contribution in [0.4, 0.5) is 0 Å². The van der Waals surface area contributed by atoms with E-state index in [1.165, 1.54) is 62.4 Å². The van der Waals surface area contributed by atoms with Gasteiger partial charge in [-0.25, -0.2) is 23.5 Å². The molecular weight excluding hydrogens is 426 g/mol. The Morgan fingerprint density at radius 2 is 1.65 bits per heavy atom. The number of para-hydroxylation sites is 1. The van der Waals surface area contributed by atoms with Gasteiger partial charge in [0.05, 0.1) is 31.0 Å². The highest BCUT2D eigenvalue weighted by atomic mass is 16.5. The summed E-state index contributed by atoms with van der Waals surface area (Å²) in [6, 6.07) is 9.03. The third-order valence-electron chi connectivity index (χ3n) is 7.07. The Bertz CT molecular complexity index is 1090. The number of benzene rings is 1. The van der Waals surface area contributed by atoms with Gasteiger partial charge in [-0.1, -0.05) is 94.7 Å². The van der Waals surface area contributed by atoms with Crippen LogP contribution >= 0.6 is 0 Å². The van der Waals surface area contributed by atoms with Crippen molar-refractivity contribution in [1.29, 1.82) is 0 Å². The van der Waals surface area contributed by atoms with E-state index in [9.17, 15) is 9.59 Å². The monoisotopic (exact) mass is 465 g/mol. The quantitative estimate of drug-likeness (QED) is 0.305. The van der Waals surface area contributed by atoms with Crippen LogP contribution in [0.5, 0.6) is 0 Å². The Labute approximate surface area is 202 Å². The molecule has 0 radical (unpaired) electrons. The second-order valence-electron chi connectivity index (χ2n) is 9.59. The van der Waals surface area contributed by atoms with Crippen molar-refractivity contribution in [3.8, 4) is 5.69 Å². The van der Waals surface area contributed by atoms with Crippen molar-refractivity contribution < 1.29 is 4.74 Å². The van der Waals surface area contributed by atoms with E-state index < -0.39 is 0 Å². The molecule has 2 aromatic rings. The molecule has 2 aliphatic rings. The lowest BCUT2D eigenvalue weighted by Gasteiger charge is -2.34. The molecule has 2 atom stereocenters. The van der Waals surface area contributed by atoms with Crippen molar-refractivity contribution >= 4 is 0 Å². The Balaban J connectivity index is 1.31. The normalized spacial score (nSPS) is 19.7. The van der Waals surface area contributed by atoms with Gasteiger partial charge < -0.3 is 4.74 Å². The van der Waals surface area contributed by atoms with Crippen molar-refractivity contribution in [2.75, 3.05) is 6.61 Å². The number of hydrogen-bond donors (Lipinski definition) is 0. The molecule has 0 spiro atoms. The standard InChI is InChI=1S/C28H39N3O3/c1-2-3-4-5-6-7-8-9-10-11-15-18-25-21-26-23(22-34-25)19-20-29-27(32)30(28(33)31(26)29)24-16-13-12-14-17-24/h12-19,25-26H,2-11,20-22H2,1H3/b18-15+. The summed E-state index contributed by atoms with van der Waals surface area (Å²) in [5.74, 6) is 0. The number of unbranched alkanes of at least 4 members (excludes halogenated alkanes) is 9. The lowest BCUT2D eigenvalue weighted by atomic mass is 9.96. The first-order chi connectivity index (χ1) is 16.7. The molecular formula is C28H39N3O3. The summed E-state index contributed by atoms with van der Waals surface area (Å²) in [4.78, 5) is 26.3. The number of ether oxygens (including phenoxy) is 1. The van der Waals surface area contributed by atoms with Crippen molar-refractivity contribution in [3.63, 3.8) is 0 Å². The Morgan fingerprint density at radius 1 is 0.941 bits per heavy atom. The van der Waals surface area contributed by atoms with Crippen LogP contribution in [0.3, 0.4) is 0 Å². The highest BCUT2D eigenvalue weighted by Gasteiger charge is 2.33. The Morgan fingerprint density at radius 3 is 2.38 bits per heavy atom. The van der Waals surface area contributed by atoms with Gasteiger partial charge in [0.15, 0.2) is 0 Å². The van der Waals surface area contributed by atoms with Crippen molar-refractivity contribution in [3.05, 3.63) is 75.1 Å². The van der Waals surface area contributed by atoms with E-state index in [1.807, 2.05) is 24.3 Å². The van der Waals surface area contributed by atoms with Crippen LogP contribution < -0.4 is 11.4 Å². The van der Waals surface area contributed by atoms with Crippen molar-refractivity contribution in [2.45, 2.75) is 96.2 Å². The van der Waals surface area contributed by atoms with Gasteiger partial charge in [-0.05, 0) is 30.5 Å². The van der Waals surface area contributed by atoms with Crippen LogP contribution in [0.25, 0.3) is 5.69 Å². The molecule has 0 bridgehead atoms. The van der Waals surface area contributed by atoms with Gasteiger partial charge in [-0.2, -0.15) is 0 Å². The number of fused-ring (bicyclic) bond motifs is 3. The molecule has 4 rings (SSSR count). The van der Waals surface area contributed by atoms with E-state index in [2.05, 4.69) is 19.1 Å². The van der Waals surface area contributed by atoms with E-state index in [0.717, 1.165) is 12.0 Å². The van der Waals surface area contributed by atoms with Gasteiger partial charge in [0.1, 0.15) is 0 Å². The van der Waals surface area contributed by atoms with Crippen LogP contribution in [0.1, 0.15) is 83.6 Å². The average molecular weight is 466 g/mol. The largest absolute Gasteiger partial charge is 0.370 e. The fourth-order valence-corrected chi connectivity index (χ4v) is 5.11. The third kappa shape index (κ3) is 5.72. The molecule has 34 heavy (non-hydrogen) atoms. The van der Waals surface area contributed by atoms with E-state index in [1.54, 1.807) is 21.5 Å². The molecule has 6 nitrogen and oxygen atoms in total. The van der Waals surface area contributed by atoms with E-state index in [0.29, 0.717) is 25.3 Å². The van der Waals surface area contributed by atoms with Crippen molar-refractivity contribution in [1.82, 2.24) is 13.9 Å². The second-order valence-corrected chi connectivity index (χ2v) is 9.59. The van der Waals surface area contributed by atoms with E-state index in [4.69, 9.17) is 4.74 Å². The molecule has 1 aromatic heterocycles. The summed E-state index contributed by atoms with van der Waals surface area (Å²) in [6.07, 6.45) is 20.2. The molecule has 0 aliphatic carbocycles. The van der Waals surface area contributed by atoms with Crippen LogP contribution in [0, 0.1) is 0 Å². The number of aromatic nitrogens is 3. The Kier molecular flexibility index (Phi) is 8.80. The van der Waals surface area contributed by atoms with E-state index >= 15 is 0 Å². The third-order valence-corrected chi connectivity index (χ3v) is 7.07. The molecule has 3 heterocycles. The minimum absolute atomic E-state index is 0.0330. The summed E-state index contributed by atoms with van der Waals surface area (Å²) >= 11 is 0. The lowest BCUT2D eigenvalue weighted by Crippen LogP contribution is -2.40.